The van der Waals surface area contributed by atoms with Gasteiger partial charge in [-0.1, -0.05) is 185 Å². The van der Waals surface area contributed by atoms with Gasteiger partial charge >= 0.3 is 5.97 Å². The average Bonchev–Trinajstić information content (AvgIpc) is 3.16. The quantitative estimate of drug-likeness (QED) is 0.0250. The molecule has 0 aliphatic rings. The molecular formula is C48H87NO5. The molecule has 3 unspecified atom stereocenters. The minimum atomic E-state index is -0.794. The van der Waals surface area contributed by atoms with Crippen molar-refractivity contribution in [1.29, 1.82) is 0 Å². The molecule has 0 saturated heterocycles. The number of amides is 1. The first-order chi connectivity index (χ1) is 26.5. The summed E-state index contributed by atoms with van der Waals surface area (Å²) in [5, 5.41) is 23.6. The molecule has 314 valence electrons. The highest BCUT2D eigenvalue weighted by Crippen LogP contribution is 2.17. The lowest BCUT2D eigenvalue weighted by atomic mass is 10.0. The third kappa shape index (κ3) is 36.8. The van der Waals surface area contributed by atoms with Gasteiger partial charge in [0, 0.05) is 6.42 Å². The predicted octanol–water partition coefficient (Wildman–Crippen LogP) is 13.1. The Hall–Kier alpha value is -2.18. The van der Waals surface area contributed by atoms with Crippen molar-refractivity contribution in [2.75, 3.05) is 6.61 Å². The van der Waals surface area contributed by atoms with Crippen molar-refractivity contribution < 1.29 is 24.5 Å². The van der Waals surface area contributed by atoms with Gasteiger partial charge in [-0.25, -0.2) is 0 Å². The fourth-order valence-corrected chi connectivity index (χ4v) is 6.72. The summed E-state index contributed by atoms with van der Waals surface area (Å²) in [4.78, 5) is 25.9. The number of unbranched alkanes of at least 4 members (excludes halogenated alkanes) is 22. The van der Waals surface area contributed by atoms with E-state index in [1.54, 1.807) is 0 Å². The molecule has 6 nitrogen and oxygen atoms in total. The van der Waals surface area contributed by atoms with Crippen LogP contribution in [0.25, 0.3) is 0 Å². The van der Waals surface area contributed by atoms with Crippen molar-refractivity contribution >= 4 is 11.9 Å². The van der Waals surface area contributed by atoms with Crippen LogP contribution in [0.15, 0.2) is 48.6 Å². The first-order valence-corrected chi connectivity index (χ1v) is 22.9. The molecule has 0 spiro atoms. The highest BCUT2D eigenvalue weighted by Gasteiger charge is 2.24. The number of allylic oxidation sites excluding steroid dienone is 8. The Labute approximate surface area is 334 Å². The van der Waals surface area contributed by atoms with Crippen molar-refractivity contribution in [3.63, 3.8) is 0 Å². The highest BCUT2D eigenvalue weighted by molar-refractivity contribution is 5.77. The number of rotatable bonds is 40. The number of hydrogen-bond donors (Lipinski definition) is 3. The largest absolute Gasteiger partial charge is 0.462 e. The van der Waals surface area contributed by atoms with Crippen molar-refractivity contribution in [3.05, 3.63) is 48.6 Å². The molecule has 0 aromatic rings. The molecule has 0 radical (unpaired) electrons. The van der Waals surface area contributed by atoms with E-state index >= 15 is 0 Å². The van der Waals surface area contributed by atoms with Gasteiger partial charge in [-0.15, -0.1) is 0 Å². The Morgan fingerprint density at radius 1 is 0.556 bits per heavy atom. The molecule has 6 heteroatoms. The first-order valence-electron chi connectivity index (χ1n) is 22.9. The van der Waals surface area contributed by atoms with Gasteiger partial charge in [0.2, 0.25) is 5.91 Å². The molecule has 0 rings (SSSR count). The third-order valence-corrected chi connectivity index (χ3v) is 10.2. The molecule has 0 bridgehead atoms. The molecule has 0 aliphatic heterocycles. The summed E-state index contributed by atoms with van der Waals surface area (Å²) in [7, 11) is 0. The molecule has 0 aliphatic carbocycles. The van der Waals surface area contributed by atoms with Gasteiger partial charge in [-0.2, -0.15) is 0 Å². The first kappa shape index (κ1) is 51.8. The van der Waals surface area contributed by atoms with Crippen LogP contribution in [0.2, 0.25) is 0 Å². The molecular weight excluding hydrogens is 671 g/mol. The summed E-state index contributed by atoms with van der Waals surface area (Å²) < 4.78 is 5.88. The number of esters is 1. The maximum atomic E-state index is 13.1. The minimum Gasteiger partial charge on any atom is -0.462 e. The predicted molar refractivity (Wildman–Crippen MR) is 232 cm³/mol. The molecule has 0 heterocycles. The van der Waals surface area contributed by atoms with E-state index < -0.39 is 18.2 Å². The lowest BCUT2D eigenvalue weighted by molar-refractivity contribution is -0.151. The van der Waals surface area contributed by atoms with Crippen LogP contribution in [0.4, 0.5) is 0 Å². The van der Waals surface area contributed by atoms with E-state index in [4.69, 9.17) is 4.74 Å². The topological polar surface area (TPSA) is 95.9 Å². The van der Waals surface area contributed by atoms with Crippen LogP contribution in [-0.2, 0) is 14.3 Å². The van der Waals surface area contributed by atoms with E-state index in [-0.39, 0.29) is 24.9 Å². The van der Waals surface area contributed by atoms with Crippen LogP contribution in [0.1, 0.15) is 220 Å². The molecule has 0 aromatic carbocycles. The maximum absolute atomic E-state index is 13.1. The Morgan fingerprint density at radius 2 is 1.02 bits per heavy atom. The second kappa shape index (κ2) is 42.0. The number of ether oxygens (including phenoxy) is 1. The Balaban J connectivity index is 4.61. The maximum Gasteiger partial charge on any atom is 0.306 e. The molecule has 0 fully saturated rings. The van der Waals surface area contributed by atoms with Gasteiger partial charge in [-0.05, 0) is 70.6 Å². The zero-order valence-electron chi connectivity index (χ0n) is 35.6. The minimum absolute atomic E-state index is 0.0526. The number of aliphatic hydroxyl groups excluding tert-OH is 2. The second-order valence-electron chi connectivity index (χ2n) is 15.5. The second-order valence-corrected chi connectivity index (χ2v) is 15.5. The van der Waals surface area contributed by atoms with Gasteiger partial charge in [0.15, 0.2) is 0 Å². The van der Waals surface area contributed by atoms with Crippen molar-refractivity contribution in [3.8, 4) is 0 Å². The highest BCUT2D eigenvalue weighted by atomic mass is 16.5. The zero-order valence-corrected chi connectivity index (χ0v) is 35.6. The van der Waals surface area contributed by atoms with Gasteiger partial charge in [-0.3, -0.25) is 9.59 Å². The molecule has 0 saturated carbocycles. The summed E-state index contributed by atoms with van der Waals surface area (Å²) in [5.41, 5.74) is 0. The van der Waals surface area contributed by atoms with Crippen LogP contribution in [0, 0.1) is 0 Å². The van der Waals surface area contributed by atoms with E-state index in [9.17, 15) is 19.8 Å². The van der Waals surface area contributed by atoms with Crippen LogP contribution in [0.3, 0.4) is 0 Å². The summed E-state index contributed by atoms with van der Waals surface area (Å²) >= 11 is 0. The molecule has 3 N–H and O–H groups in total. The normalized spacial score (nSPS) is 13.8. The summed E-state index contributed by atoms with van der Waals surface area (Å²) in [6.45, 7) is 6.29. The lowest BCUT2D eigenvalue weighted by Gasteiger charge is -2.24. The van der Waals surface area contributed by atoms with E-state index in [0.29, 0.717) is 19.3 Å². The third-order valence-electron chi connectivity index (χ3n) is 10.2. The van der Waals surface area contributed by atoms with Gasteiger partial charge in [0.25, 0.3) is 0 Å². The van der Waals surface area contributed by atoms with Crippen LogP contribution in [-0.4, -0.2) is 46.9 Å². The number of carbonyl (C=O) groups excluding carboxylic acids is 2. The van der Waals surface area contributed by atoms with Crippen LogP contribution >= 0.6 is 0 Å². The summed E-state index contributed by atoms with van der Waals surface area (Å²) in [5.74, 6) is -0.516. The fraction of sp³-hybridized carbons (Fsp3) is 0.792. The van der Waals surface area contributed by atoms with Crippen molar-refractivity contribution in [2.24, 2.45) is 0 Å². The Kier molecular flexibility index (Phi) is 40.3. The lowest BCUT2D eigenvalue weighted by Crippen LogP contribution is -2.46. The summed E-state index contributed by atoms with van der Waals surface area (Å²) in [6.07, 6.45) is 48.9. The molecule has 3 atom stereocenters. The zero-order chi connectivity index (χ0) is 39.6. The Morgan fingerprint density at radius 3 is 1.59 bits per heavy atom. The van der Waals surface area contributed by atoms with E-state index in [2.05, 4.69) is 62.5 Å². The standard InChI is InChI=1S/C48H87NO5/c1-4-7-10-13-16-19-21-22-23-24-26-29-32-35-38-41-48(53)54-44(39-36-33-30-28-25-20-17-14-11-8-5-2)42-47(52)49-45(43-50)46(51)40-37-34-31-27-18-15-12-9-6-3/h8,11,14,17,19-21,25,44-46,50-51H,4-7,9-10,12-13,15-16,18,22-24,26-43H2,1-3H3,(H,49,52)/b11-8+,17-14+,21-19-,25-20-. The van der Waals surface area contributed by atoms with Crippen LogP contribution < -0.4 is 5.32 Å². The monoisotopic (exact) mass is 758 g/mol. The molecule has 54 heavy (non-hydrogen) atoms. The average molecular weight is 758 g/mol. The molecule has 1 amide bonds. The van der Waals surface area contributed by atoms with Gasteiger partial charge < -0.3 is 20.3 Å². The molecule has 0 aromatic heterocycles. The van der Waals surface area contributed by atoms with E-state index in [1.165, 1.54) is 103 Å². The van der Waals surface area contributed by atoms with Crippen molar-refractivity contribution in [1.82, 2.24) is 5.32 Å². The van der Waals surface area contributed by atoms with Gasteiger partial charge in [0.1, 0.15) is 6.10 Å². The number of hydrogen-bond acceptors (Lipinski definition) is 5. The van der Waals surface area contributed by atoms with Crippen molar-refractivity contribution in [2.45, 2.75) is 238 Å². The Bertz CT molecular complexity index is 941. The van der Waals surface area contributed by atoms with Gasteiger partial charge in [0.05, 0.1) is 25.2 Å². The smallest absolute Gasteiger partial charge is 0.306 e. The van der Waals surface area contributed by atoms with Crippen LogP contribution in [0.5, 0.6) is 0 Å². The van der Waals surface area contributed by atoms with E-state index in [0.717, 1.165) is 70.6 Å². The number of nitrogens with one attached hydrogen (secondary N) is 1. The summed E-state index contributed by atoms with van der Waals surface area (Å²) in [6, 6.07) is -0.710. The number of aliphatic hydroxyl groups is 2. The SMILES string of the molecule is CC/C=C/C=C/C=C\CCCCCC(CC(=O)NC(CO)C(O)CCCCCCCCCCC)OC(=O)CCCCCCCCC/C=C\CCCCCC. The van der Waals surface area contributed by atoms with E-state index in [1.807, 2.05) is 12.2 Å². The number of carbonyl (C=O) groups is 2. The fourth-order valence-electron chi connectivity index (χ4n) is 6.72.